The van der Waals surface area contributed by atoms with Crippen molar-refractivity contribution in [3.63, 3.8) is 0 Å². The summed E-state index contributed by atoms with van der Waals surface area (Å²) in [5.74, 6) is -0.216. The Labute approximate surface area is 93.6 Å². The zero-order valence-electron chi connectivity index (χ0n) is 8.73. The Bertz CT molecular complexity index is 374. The van der Waals surface area contributed by atoms with E-state index in [9.17, 15) is 4.79 Å². The summed E-state index contributed by atoms with van der Waals surface area (Å²) in [5, 5.41) is 6.69. The average Bonchev–Trinajstić information content (AvgIpc) is 2.60. The second-order valence-electron chi connectivity index (χ2n) is 3.39. The van der Waals surface area contributed by atoms with E-state index in [0.29, 0.717) is 17.2 Å². The predicted molar refractivity (Wildman–Crippen MR) is 61.5 cm³/mol. The maximum absolute atomic E-state index is 11.5. The van der Waals surface area contributed by atoms with Gasteiger partial charge in [0.25, 0.3) is 5.91 Å². The highest BCUT2D eigenvalue weighted by Crippen LogP contribution is 1.96. The first-order valence-corrected chi connectivity index (χ1v) is 4.98. The molecule has 0 fully saturated rings. The summed E-state index contributed by atoms with van der Waals surface area (Å²) < 4.78 is 1.58. The van der Waals surface area contributed by atoms with Gasteiger partial charge in [0, 0.05) is 25.7 Å². The summed E-state index contributed by atoms with van der Waals surface area (Å²) in [7, 11) is 1.76. The predicted octanol–water partition coefficient (Wildman–Crippen LogP) is 0.0721. The molecule has 0 saturated heterocycles. The number of carbonyl (C=O) groups is 1. The van der Waals surface area contributed by atoms with Gasteiger partial charge in [0.2, 0.25) is 0 Å². The monoisotopic (exact) mass is 226 g/mol. The fourth-order valence-electron chi connectivity index (χ4n) is 0.973. The van der Waals surface area contributed by atoms with Crippen molar-refractivity contribution in [2.75, 3.05) is 6.54 Å². The number of rotatable bonds is 4. The number of nitrogens with zero attached hydrogens (tertiary/aromatic N) is 2. The molecular formula is C9H14N4OS. The molecule has 0 saturated carbocycles. The molecule has 1 aromatic heterocycles. The summed E-state index contributed by atoms with van der Waals surface area (Å²) in [6.45, 7) is 2.30. The summed E-state index contributed by atoms with van der Waals surface area (Å²) in [6.07, 6.45) is 1.71. The molecule has 1 atom stereocenters. The molecule has 1 unspecified atom stereocenters. The minimum atomic E-state index is -0.210. The molecule has 0 aliphatic heterocycles. The summed E-state index contributed by atoms with van der Waals surface area (Å²) >= 11 is 4.80. The van der Waals surface area contributed by atoms with Crippen molar-refractivity contribution in [1.29, 1.82) is 0 Å². The second kappa shape index (κ2) is 4.88. The van der Waals surface area contributed by atoms with Crippen molar-refractivity contribution in [2.45, 2.75) is 6.92 Å². The zero-order chi connectivity index (χ0) is 11.4. The summed E-state index contributed by atoms with van der Waals surface area (Å²) in [5.41, 5.74) is 5.82. The van der Waals surface area contributed by atoms with Crippen LogP contribution in [0.25, 0.3) is 0 Å². The van der Waals surface area contributed by atoms with Crippen LogP contribution in [0.15, 0.2) is 12.3 Å². The summed E-state index contributed by atoms with van der Waals surface area (Å²) in [4.78, 5) is 11.9. The number of nitrogens with two attached hydrogens (primary N) is 1. The Morgan fingerprint density at radius 2 is 2.47 bits per heavy atom. The SMILES string of the molecule is CC(CNC(=O)c1ccn(C)n1)C(N)=S. The van der Waals surface area contributed by atoms with Crippen molar-refractivity contribution in [3.05, 3.63) is 18.0 Å². The number of carbonyl (C=O) groups excluding carboxylic acids is 1. The van der Waals surface area contributed by atoms with Gasteiger partial charge in [-0.3, -0.25) is 9.48 Å². The van der Waals surface area contributed by atoms with Crippen molar-refractivity contribution in [1.82, 2.24) is 15.1 Å². The van der Waals surface area contributed by atoms with Crippen LogP contribution >= 0.6 is 12.2 Å². The third-order valence-electron chi connectivity index (χ3n) is 2.00. The van der Waals surface area contributed by atoms with Gasteiger partial charge in [-0.25, -0.2) is 0 Å². The molecule has 1 aromatic rings. The molecule has 6 heteroatoms. The van der Waals surface area contributed by atoms with Crippen molar-refractivity contribution in [2.24, 2.45) is 18.7 Å². The van der Waals surface area contributed by atoms with Gasteiger partial charge in [-0.2, -0.15) is 5.10 Å². The number of hydrogen-bond acceptors (Lipinski definition) is 3. The highest BCUT2D eigenvalue weighted by atomic mass is 32.1. The molecule has 1 heterocycles. The highest BCUT2D eigenvalue weighted by Gasteiger charge is 2.11. The number of hydrogen-bond donors (Lipinski definition) is 2. The minimum Gasteiger partial charge on any atom is -0.393 e. The first-order chi connectivity index (χ1) is 7.00. The number of nitrogens with one attached hydrogen (secondary N) is 1. The van der Waals surface area contributed by atoms with Crippen LogP contribution in [-0.4, -0.2) is 27.2 Å². The number of thiocarbonyl (C=S) groups is 1. The standard InChI is InChI=1S/C9H14N4OS/c1-6(8(10)15)5-11-9(14)7-3-4-13(2)12-7/h3-4,6H,5H2,1-2H3,(H2,10,15)(H,11,14). The molecule has 82 valence electrons. The molecule has 0 aromatic carbocycles. The van der Waals surface area contributed by atoms with E-state index >= 15 is 0 Å². The molecule has 1 amide bonds. The largest absolute Gasteiger partial charge is 0.393 e. The van der Waals surface area contributed by atoms with Crippen LogP contribution in [0.3, 0.4) is 0 Å². The van der Waals surface area contributed by atoms with E-state index in [1.165, 1.54) is 0 Å². The van der Waals surface area contributed by atoms with Crippen LogP contribution in [0.1, 0.15) is 17.4 Å². The lowest BCUT2D eigenvalue weighted by Gasteiger charge is -2.09. The second-order valence-corrected chi connectivity index (χ2v) is 3.86. The van der Waals surface area contributed by atoms with Crippen LogP contribution < -0.4 is 11.1 Å². The van der Waals surface area contributed by atoms with Gasteiger partial charge in [-0.05, 0) is 6.07 Å². The van der Waals surface area contributed by atoms with E-state index in [4.69, 9.17) is 18.0 Å². The maximum Gasteiger partial charge on any atom is 0.271 e. The molecular weight excluding hydrogens is 212 g/mol. The van der Waals surface area contributed by atoms with E-state index in [1.807, 2.05) is 6.92 Å². The maximum atomic E-state index is 11.5. The lowest BCUT2D eigenvalue weighted by Crippen LogP contribution is -2.33. The van der Waals surface area contributed by atoms with Crippen molar-refractivity contribution >= 4 is 23.1 Å². The normalized spacial score (nSPS) is 12.1. The minimum absolute atomic E-state index is 0.00679. The topological polar surface area (TPSA) is 72.9 Å². The molecule has 3 N–H and O–H groups in total. The molecule has 0 spiro atoms. The first kappa shape index (κ1) is 11.6. The third-order valence-corrected chi connectivity index (χ3v) is 2.40. The van der Waals surface area contributed by atoms with Crippen LogP contribution in [0.5, 0.6) is 0 Å². The molecule has 0 aliphatic carbocycles. The smallest absolute Gasteiger partial charge is 0.271 e. The molecule has 0 aliphatic rings. The van der Waals surface area contributed by atoms with Crippen LogP contribution in [0.4, 0.5) is 0 Å². The molecule has 1 rings (SSSR count). The Hall–Kier alpha value is -1.43. The fourth-order valence-corrected chi connectivity index (χ4v) is 1.06. The van der Waals surface area contributed by atoms with E-state index in [-0.39, 0.29) is 11.8 Å². The van der Waals surface area contributed by atoms with Crippen LogP contribution in [0, 0.1) is 5.92 Å². The molecule has 0 radical (unpaired) electrons. The van der Waals surface area contributed by atoms with E-state index in [2.05, 4.69) is 10.4 Å². The zero-order valence-corrected chi connectivity index (χ0v) is 9.54. The highest BCUT2D eigenvalue weighted by molar-refractivity contribution is 7.80. The fraction of sp³-hybridized carbons (Fsp3) is 0.444. The van der Waals surface area contributed by atoms with Gasteiger partial charge >= 0.3 is 0 Å². The van der Waals surface area contributed by atoms with E-state index in [1.54, 1.807) is 24.0 Å². The van der Waals surface area contributed by atoms with Gasteiger partial charge in [-0.15, -0.1) is 0 Å². The average molecular weight is 226 g/mol. The number of amides is 1. The van der Waals surface area contributed by atoms with Crippen LogP contribution in [0.2, 0.25) is 0 Å². The first-order valence-electron chi connectivity index (χ1n) is 4.58. The van der Waals surface area contributed by atoms with Crippen LogP contribution in [-0.2, 0) is 7.05 Å². The Balaban J connectivity index is 2.47. The van der Waals surface area contributed by atoms with Crippen molar-refractivity contribution in [3.8, 4) is 0 Å². The Morgan fingerprint density at radius 3 is 2.93 bits per heavy atom. The molecule has 5 nitrogen and oxygen atoms in total. The van der Waals surface area contributed by atoms with Crippen molar-refractivity contribution < 1.29 is 4.79 Å². The quantitative estimate of drug-likeness (QED) is 0.713. The third kappa shape index (κ3) is 3.32. The molecule has 0 bridgehead atoms. The van der Waals surface area contributed by atoms with Gasteiger partial charge in [0.15, 0.2) is 0 Å². The number of aryl methyl sites for hydroxylation is 1. The van der Waals surface area contributed by atoms with Gasteiger partial charge in [0.1, 0.15) is 5.69 Å². The Kier molecular flexibility index (Phi) is 3.79. The lowest BCUT2D eigenvalue weighted by molar-refractivity contribution is 0.0945. The molecule has 15 heavy (non-hydrogen) atoms. The van der Waals surface area contributed by atoms with E-state index in [0.717, 1.165) is 0 Å². The van der Waals surface area contributed by atoms with Gasteiger partial charge in [0.05, 0.1) is 4.99 Å². The van der Waals surface area contributed by atoms with Gasteiger partial charge < -0.3 is 11.1 Å². The Morgan fingerprint density at radius 1 is 1.80 bits per heavy atom. The van der Waals surface area contributed by atoms with E-state index < -0.39 is 0 Å². The number of aromatic nitrogens is 2. The summed E-state index contributed by atoms with van der Waals surface area (Å²) in [6, 6.07) is 1.65. The van der Waals surface area contributed by atoms with Gasteiger partial charge in [-0.1, -0.05) is 19.1 Å². The lowest BCUT2D eigenvalue weighted by atomic mass is 10.2.